The summed E-state index contributed by atoms with van der Waals surface area (Å²) in [6, 6.07) is 3.64. The molecule has 1 heterocycles. The summed E-state index contributed by atoms with van der Waals surface area (Å²) in [5, 5.41) is 11.6. The molecule has 1 N–H and O–H groups in total. The molecule has 1 aromatic carbocycles. The van der Waals surface area contributed by atoms with Crippen molar-refractivity contribution >= 4 is 22.6 Å². The number of aromatic hydroxyl groups is 1. The first-order chi connectivity index (χ1) is 11.5. The molecule has 0 bridgehead atoms. The average molecular weight is 350 g/mol. The fourth-order valence-corrected chi connectivity index (χ4v) is 3.99. The van der Waals surface area contributed by atoms with Crippen LogP contribution in [0.4, 0.5) is 0 Å². The zero-order chi connectivity index (χ0) is 17.3. The number of benzene rings is 1. The van der Waals surface area contributed by atoms with Crippen molar-refractivity contribution in [2.24, 2.45) is 0 Å². The Labute approximate surface area is 147 Å². The minimum atomic E-state index is -0.399. The standard InChI is InChI=1S/C19H24ClNO3/c1-3-21(13-7-5-4-6-8-13)11-15-18(23)16(20)10-14-12(2)9-17(22)24-19(14)15/h9-10,13,23H,3-8,11H2,1-2H3. The lowest BCUT2D eigenvalue weighted by molar-refractivity contribution is 0.154. The van der Waals surface area contributed by atoms with Crippen molar-refractivity contribution in [3.05, 3.63) is 38.7 Å². The van der Waals surface area contributed by atoms with Crippen molar-refractivity contribution in [3.8, 4) is 5.75 Å². The highest BCUT2D eigenvalue weighted by Gasteiger charge is 2.24. The molecular weight excluding hydrogens is 326 g/mol. The first kappa shape index (κ1) is 17.3. The van der Waals surface area contributed by atoms with Gasteiger partial charge in [0.25, 0.3) is 0 Å². The molecule has 0 amide bonds. The molecule has 5 heteroatoms. The van der Waals surface area contributed by atoms with E-state index in [2.05, 4.69) is 11.8 Å². The number of hydrogen-bond acceptors (Lipinski definition) is 4. The van der Waals surface area contributed by atoms with Gasteiger partial charge in [-0.25, -0.2) is 4.79 Å². The maximum absolute atomic E-state index is 11.8. The van der Waals surface area contributed by atoms with E-state index in [1.54, 1.807) is 6.07 Å². The van der Waals surface area contributed by atoms with Crippen LogP contribution in [0.1, 0.15) is 50.2 Å². The van der Waals surface area contributed by atoms with E-state index >= 15 is 0 Å². The second-order valence-electron chi connectivity index (χ2n) is 6.67. The van der Waals surface area contributed by atoms with E-state index in [4.69, 9.17) is 16.0 Å². The molecule has 0 saturated heterocycles. The number of phenolic OH excluding ortho intramolecular Hbond substituents is 1. The van der Waals surface area contributed by atoms with Crippen LogP contribution in [0.25, 0.3) is 11.0 Å². The van der Waals surface area contributed by atoms with Crippen molar-refractivity contribution in [2.75, 3.05) is 6.54 Å². The second kappa shape index (κ2) is 7.16. The Morgan fingerprint density at radius 1 is 1.29 bits per heavy atom. The van der Waals surface area contributed by atoms with Crippen LogP contribution in [0.2, 0.25) is 5.02 Å². The molecule has 0 spiro atoms. The fraction of sp³-hybridized carbons (Fsp3) is 0.526. The van der Waals surface area contributed by atoms with Gasteiger partial charge in [0.2, 0.25) is 0 Å². The van der Waals surface area contributed by atoms with Crippen LogP contribution in [0.3, 0.4) is 0 Å². The van der Waals surface area contributed by atoms with Crippen LogP contribution in [0, 0.1) is 6.92 Å². The van der Waals surface area contributed by atoms with Gasteiger partial charge in [0.15, 0.2) is 0 Å². The Bertz CT molecular complexity index is 793. The predicted molar refractivity (Wildman–Crippen MR) is 96.9 cm³/mol. The maximum Gasteiger partial charge on any atom is 0.336 e. The van der Waals surface area contributed by atoms with E-state index in [0.717, 1.165) is 17.5 Å². The minimum absolute atomic E-state index is 0.0205. The monoisotopic (exact) mass is 349 g/mol. The Morgan fingerprint density at radius 2 is 2.00 bits per heavy atom. The third-order valence-electron chi connectivity index (χ3n) is 5.12. The van der Waals surface area contributed by atoms with Crippen LogP contribution in [0.5, 0.6) is 5.75 Å². The van der Waals surface area contributed by atoms with Crippen LogP contribution in [-0.2, 0) is 6.54 Å². The van der Waals surface area contributed by atoms with E-state index < -0.39 is 5.63 Å². The van der Waals surface area contributed by atoms with Gasteiger partial charge in [0.05, 0.1) is 10.6 Å². The smallest absolute Gasteiger partial charge is 0.336 e. The van der Waals surface area contributed by atoms with E-state index in [1.807, 2.05) is 6.92 Å². The number of rotatable bonds is 4. The SMILES string of the molecule is CCN(Cc1c(O)c(Cl)cc2c(C)cc(=O)oc12)C1CCCCC1. The van der Waals surface area contributed by atoms with Crippen LogP contribution < -0.4 is 5.63 Å². The van der Waals surface area contributed by atoms with Crippen molar-refractivity contribution < 1.29 is 9.52 Å². The zero-order valence-electron chi connectivity index (χ0n) is 14.3. The third kappa shape index (κ3) is 3.31. The normalized spacial score (nSPS) is 16.2. The van der Waals surface area contributed by atoms with E-state index in [-0.39, 0.29) is 5.75 Å². The molecule has 1 fully saturated rings. The maximum atomic E-state index is 11.8. The zero-order valence-corrected chi connectivity index (χ0v) is 15.0. The minimum Gasteiger partial charge on any atom is -0.506 e. The van der Waals surface area contributed by atoms with E-state index in [1.165, 1.54) is 38.2 Å². The van der Waals surface area contributed by atoms with E-state index in [9.17, 15) is 9.90 Å². The van der Waals surface area contributed by atoms with Gasteiger partial charge in [-0.15, -0.1) is 0 Å². The van der Waals surface area contributed by atoms with Gasteiger partial charge in [-0.2, -0.15) is 0 Å². The number of halogens is 1. The molecule has 0 unspecified atom stereocenters. The highest BCUT2D eigenvalue weighted by molar-refractivity contribution is 6.33. The summed E-state index contributed by atoms with van der Waals surface area (Å²) < 4.78 is 5.44. The topological polar surface area (TPSA) is 53.7 Å². The summed E-state index contributed by atoms with van der Waals surface area (Å²) in [5.41, 5.74) is 1.48. The molecule has 3 rings (SSSR count). The van der Waals surface area contributed by atoms with Crippen LogP contribution in [0.15, 0.2) is 21.3 Å². The molecule has 0 aliphatic heterocycles. The quantitative estimate of drug-likeness (QED) is 0.818. The van der Waals surface area contributed by atoms with Gasteiger partial charge in [-0.3, -0.25) is 4.90 Å². The van der Waals surface area contributed by atoms with Gasteiger partial charge in [0, 0.05) is 24.0 Å². The molecule has 0 atom stereocenters. The number of hydrogen-bond donors (Lipinski definition) is 1. The van der Waals surface area contributed by atoms with Gasteiger partial charge in [-0.1, -0.05) is 37.8 Å². The largest absolute Gasteiger partial charge is 0.506 e. The lowest BCUT2D eigenvalue weighted by atomic mass is 9.93. The highest BCUT2D eigenvalue weighted by atomic mass is 35.5. The second-order valence-corrected chi connectivity index (χ2v) is 7.07. The summed E-state index contributed by atoms with van der Waals surface area (Å²) in [6.07, 6.45) is 6.15. The molecule has 2 aromatic rings. The number of fused-ring (bicyclic) bond motifs is 1. The summed E-state index contributed by atoms with van der Waals surface area (Å²) >= 11 is 6.23. The summed E-state index contributed by atoms with van der Waals surface area (Å²) in [7, 11) is 0. The number of nitrogens with zero attached hydrogens (tertiary/aromatic N) is 1. The van der Waals surface area contributed by atoms with Crippen molar-refractivity contribution in [1.29, 1.82) is 0 Å². The molecule has 1 aliphatic rings. The van der Waals surface area contributed by atoms with Crippen molar-refractivity contribution in [1.82, 2.24) is 4.90 Å². The van der Waals surface area contributed by atoms with Crippen LogP contribution >= 0.6 is 11.6 Å². The summed E-state index contributed by atoms with van der Waals surface area (Å²) in [4.78, 5) is 14.2. The van der Waals surface area contributed by atoms with Gasteiger partial charge >= 0.3 is 5.63 Å². The van der Waals surface area contributed by atoms with Gasteiger partial charge in [0.1, 0.15) is 11.3 Å². The molecule has 1 aliphatic carbocycles. The van der Waals surface area contributed by atoms with Crippen LogP contribution in [-0.4, -0.2) is 22.6 Å². The van der Waals surface area contributed by atoms with Gasteiger partial charge in [-0.05, 0) is 37.9 Å². The predicted octanol–water partition coefficient (Wildman–Crippen LogP) is 4.62. The molecule has 24 heavy (non-hydrogen) atoms. The Kier molecular flexibility index (Phi) is 5.16. The molecular formula is C19H24ClNO3. The fourth-order valence-electron chi connectivity index (χ4n) is 3.76. The number of phenols is 1. The van der Waals surface area contributed by atoms with Gasteiger partial charge < -0.3 is 9.52 Å². The Balaban J connectivity index is 2.06. The Morgan fingerprint density at radius 3 is 2.67 bits per heavy atom. The molecule has 0 radical (unpaired) electrons. The lowest BCUT2D eigenvalue weighted by Gasteiger charge is -2.33. The first-order valence-electron chi connectivity index (χ1n) is 8.70. The van der Waals surface area contributed by atoms with Crippen molar-refractivity contribution in [2.45, 2.75) is 58.5 Å². The third-order valence-corrected chi connectivity index (χ3v) is 5.41. The summed E-state index contributed by atoms with van der Waals surface area (Å²) in [6.45, 7) is 5.40. The molecule has 1 aromatic heterocycles. The molecule has 4 nitrogen and oxygen atoms in total. The van der Waals surface area contributed by atoms with E-state index in [0.29, 0.717) is 28.8 Å². The Hall–Kier alpha value is -1.52. The highest BCUT2D eigenvalue weighted by Crippen LogP contribution is 2.37. The van der Waals surface area contributed by atoms with Crippen molar-refractivity contribution in [3.63, 3.8) is 0 Å². The lowest BCUT2D eigenvalue weighted by Crippen LogP contribution is -2.36. The summed E-state index contributed by atoms with van der Waals surface area (Å²) in [5.74, 6) is 0.0205. The first-order valence-corrected chi connectivity index (χ1v) is 9.08. The average Bonchev–Trinajstić information content (AvgIpc) is 2.57. The molecule has 1 saturated carbocycles. The number of aryl methyl sites for hydroxylation is 1. The molecule has 130 valence electrons.